The smallest absolute Gasteiger partial charge is 0.337 e. The lowest BCUT2D eigenvalue weighted by Crippen LogP contribution is -2.48. The number of methoxy groups -OCH3 is 1. The van der Waals surface area contributed by atoms with Crippen LogP contribution in [0.3, 0.4) is 0 Å². The monoisotopic (exact) mass is 338 g/mol. The largest absolute Gasteiger partial charge is 0.465 e. The molecule has 25 heavy (non-hydrogen) atoms. The number of rotatable bonds is 4. The fraction of sp³-hybridized carbons (Fsp3) is 0.300. The highest BCUT2D eigenvalue weighted by Gasteiger charge is 2.25. The standard InChI is InChI=1S/C20H22N2O3/c1-13(14-7-9-15(10-8-14)20(24)25-2)22-19(23)18-11-16-5-3-4-6-17(16)12-21-18/h3-10,13,18,21H,11-12H2,1-2H3,(H,22,23)/t13-,18+/m0/s1. The molecule has 2 atom stereocenters. The third-order valence-electron chi connectivity index (χ3n) is 4.59. The zero-order chi connectivity index (χ0) is 17.8. The normalized spacial score (nSPS) is 17.3. The van der Waals surface area contributed by atoms with E-state index in [-0.39, 0.29) is 24.0 Å². The van der Waals surface area contributed by atoms with Crippen LogP contribution in [0.2, 0.25) is 0 Å². The number of hydrogen-bond acceptors (Lipinski definition) is 4. The molecule has 5 nitrogen and oxygen atoms in total. The first kappa shape index (κ1) is 17.2. The van der Waals surface area contributed by atoms with Crippen molar-refractivity contribution in [3.8, 4) is 0 Å². The zero-order valence-corrected chi connectivity index (χ0v) is 14.4. The van der Waals surface area contributed by atoms with Crippen molar-refractivity contribution in [2.75, 3.05) is 7.11 Å². The molecule has 0 aliphatic carbocycles. The van der Waals surface area contributed by atoms with Gasteiger partial charge in [-0.15, -0.1) is 0 Å². The van der Waals surface area contributed by atoms with Crippen LogP contribution < -0.4 is 10.6 Å². The number of ether oxygens (including phenoxy) is 1. The van der Waals surface area contributed by atoms with Crippen molar-refractivity contribution < 1.29 is 14.3 Å². The molecule has 1 amide bonds. The number of carbonyl (C=O) groups excluding carboxylic acids is 2. The van der Waals surface area contributed by atoms with E-state index in [1.54, 1.807) is 12.1 Å². The summed E-state index contributed by atoms with van der Waals surface area (Å²) in [5.41, 5.74) is 3.90. The molecule has 0 saturated carbocycles. The highest BCUT2D eigenvalue weighted by Crippen LogP contribution is 2.18. The molecule has 5 heteroatoms. The van der Waals surface area contributed by atoms with Gasteiger partial charge in [0.2, 0.25) is 5.91 Å². The first-order valence-electron chi connectivity index (χ1n) is 8.37. The molecule has 2 aromatic rings. The third-order valence-corrected chi connectivity index (χ3v) is 4.59. The fourth-order valence-electron chi connectivity index (χ4n) is 3.06. The van der Waals surface area contributed by atoms with Crippen LogP contribution in [0.4, 0.5) is 0 Å². The highest BCUT2D eigenvalue weighted by molar-refractivity contribution is 5.89. The summed E-state index contributed by atoms with van der Waals surface area (Å²) in [7, 11) is 1.36. The second kappa shape index (κ2) is 7.49. The predicted octanol–water partition coefficient (Wildman–Crippen LogP) is 2.36. The van der Waals surface area contributed by atoms with E-state index in [4.69, 9.17) is 4.74 Å². The molecule has 0 aromatic heterocycles. The van der Waals surface area contributed by atoms with Crippen molar-refractivity contribution in [2.24, 2.45) is 0 Å². The Labute approximate surface area is 147 Å². The van der Waals surface area contributed by atoms with Crippen LogP contribution in [0.5, 0.6) is 0 Å². The van der Waals surface area contributed by atoms with E-state index in [0.717, 1.165) is 5.56 Å². The molecule has 0 saturated heterocycles. The molecule has 0 radical (unpaired) electrons. The van der Waals surface area contributed by atoms with Gasteiger partial charge in [-0.1, -0.05) is 36.4 Å². The van der Waals surface area contributed by atoms with E-state index in [1.807, 2.05) is 31.2 Å². The number of amides is 1. The fourth-order valence-corrected chi connectivity index (χ4v) is 3.06. The second-order valence-corrected chi connectivity index (χ2v) is 6.25. The van der Waals surface area contributed by atoms with Gasteiger partial charge in [-0.2, -0.15) is 0 Å². The van der Waals surface area contributed by atoms with Crippen LogP contribution in [-0.4, -0.2) is 25.0 Å². The van der Waals surface area contributed by atoms with Crippen LogP contribution in [0.1, 0.15) is 40.0 Å². The minimum absolute atomic E-state index is 0.0148. The van der Waals surface area contributed by atoms with Crippen molar-refractivity contribution in [3.05, 3.63) is 70.8 Å². The molecule has 0 bridgehead atoms. The van der Waals surface area contributed by atoms with Crippen molar-refractivity contribution in [1.29, 1.82) is 0 Å². The Hall–Kier alpha value is -2.66. The number of benzene rings is 2. The van der Waals surface area contributed by atoms with Crippen molar-refractivity contribution in [3.63, 3.8) is 0 Å². The summed E-state index contributed by atoms with van der Waals surface area (Å²) in [5, 5.41) is 6.33. The first-order valence-corrected chi connectivity index (χ1v) is 8.37. The molecule has 3 rings (SSSR count). The number of carbonyl (C=O) groups is 2. The maximum Gasteiger partial charge on any atom is 0.337 e. The SMILES string of the molecule is COC(=O)c1ccc([C@H](C)NC(=O)[C@H]2Cc3ccccc3CN2)cc1. The lowest BCUT2D eigenvalue weighted by atomic mass is 9.95. The van der Waals surface area contributed by atoms with Gasteiger partial charge in [-0.3, -0.25) is 4.79 Å². The van der Waals surface area contributed by atoms with Crippen molar-refractivity contribution >= 4 is 11.9 Å². The number of hydrogen-bond donors (Lipinski definition) is 2. The molecular formula is C20H22N2O3. The third kappa shape index (κ3) is 3.88. The van der Waals surface area contributed by atoms with Gasteiger partial charge in [0.25, 0.3) is 0 Å². The van der Waals surface area contributed by atoms with E-state index >= 15 is 0 Å². The molecule has 0 unspecified atom stereocenters. The van der Waals surface area contributed by atoms with Crippen LogP contribution in [0, 0.1) is 0 Å². The van der Waals surface area contributed by atoms with Gasteiger partial charge in [0.1, 0.15) is 0 Å². The number of fused-ring (bicyclic) bond motifs is 1. The maximum atomic E-state index is 12.6. The topological polar surface area (TPSA) is 67.4 Å². The van der Waals surface area contributed by atoms with E-state index in [1.165, 1.54) is 18.2 Å². The molecule has 1 heterocycles. The molecule has 1 aliphatic rings. The summed E-state index contributed by atoms with van der Waals surface area (Å²) in [6, 6.07) is 14.9. The minimum atomic E-state index is -0.367. The summed E-state index contributed by atoms with van der Waals surface area (Å²) in [6.07, 6.45) is 0.690. The van der Waals surface area contributed by atoms with Gasteiger partial charge in [0.05, 0.1) is 24.8 Å². The van der Waals surface area contributed by atoms with E-state index in [2.05, 4.69) is 22.8 Å². The Morgan fingerprint density at radius 2 is 1.80 bits per heavy atom. The van der Waals surface area contributed by atoms with E-state index < -0.39 is 0 Å². The van der Waals surface area contributed by atoms with Gasteiger partial charge in [-0.05, 0) is 42.2 Å². The van der Waals surface area contributed by atoms with Crippen LogP contribution >= 0.6 is 0 Å². The Balaban J connectivity index is 1.62. The minimum Gasteiger partial charge on any atom is -0.465 e. The van der Waals surface area contributed by atoms with Crippen molar-refractivity contribution in [1.82, 2.24) is 10.6 Å². The first-order chi connectivity index (χ1) is 12.1. The van der Waals surface area contributed by atoms with Gasteiger partial charge >= 0.3 is 5.97 Å². The van der Waals surface area contributed by atoms with Crippen LogP contribution in [0.15, 0.2) is 48.5 Å². The van der Waals surface area contributed by atoms with E-state index in [9.17, 15) is 9.59 Å². The molecule has 2 aromatic carbocycles. The Kier molecular flexibility index (Phi) is 5.14. The Bertz CT molecular complexity index is 771. The lowest BCUT2D eigenvalue weighted by molar-refractivity contribution is -0.124. The second-order valence-electron chi connectivity index (χ2n) is 6.25. The van der Waals surface area contributed by atoms with Gasteiger partial charge in [-0.25, -0.2) is 4.79 Å². The van der Waals surface area contributed by atoms with Gasteiger partial charge < -0.3 is 15.4 Å². The molecule has 0 fully saturated rings. The summed E-state index contributed by atoms with van der Waals surface area (Å²) in [4.78, 5) is 24.0. The Morgan fingerprint density at radius 3 is 2.48 bits per heavy atom. The zero-order valence-electron chi connectivity index (χ0n) is 14.4. The molecular weight excluding hydrogens is 316 g/mol. The van der Waals surface area contributed by atoms with Gasteiger partial charge in [0.15, 0.2) is 0 Å². The molecule has 1 aliphatic heterocycles. The Morgan fingerprint density at radius 1 is 1.12 bits per heavy atom. The van der Waals surface area contributed by atoms with Crippen molar-refractivity contribution in [2.45, 2.75) is 32.0 Å². The number of nitrogens with one attached hydrogen (secondary N) is 2. The average molecular weight is 338 g/mol. The summed E-state index contributed by atoms with van der Waals surface area (Å²) in [5.74, 6) is -0.382. The summed E-state index contributed by atoms with van der Waals surface area (Å²) >= 11 is 0. The maximum absolute atomic E-state index is 12.6. The average Bonchev–Trinajstić information content (AvgIpc) is 2.67. The van der Waals surface area contributed by atoms with Gasteiger partial charge in [0, 0.05) is 6.54 Å². The predicted molar refractivity (Wildman–Crippen MR) is 95.1 cm³/mol. The van der Waals surface area contributed by atoms with Crippen LogP contribution in [0.25, 0.3) is 0 Å². The summed E-state index contributed by atoms with van der Waals surface area (Å²) in [6.45, 7) is 2.64. The highest BCUT2D eigenvalue weighted by atomic mass is 16.5. The molecule has 130 valence electrons. The molecule has 0 spiro atoms. The van der Waals surface area contributed by atoms with Crippen LogP contribution in [-0.2, 0) is 22.5 Å². The number of esters is 1. The lowest BCUT2D eigenvalue weighted by Gasteiger charge is -2.26. The quantitative estimate of drug-likeness (QED) is 0.840. The molecule has 2 N–H and O–H groups in total. The van der Waals surface area contributed by atoms with E-state index in [0.29, 0.717) is 18.5 Å². The summed E-state index contributed by atoms with van der Waals surface area (Å²) < 4.78 is 4.69.